The number of aryl methyl sites for hydroxylation is 1. The number of esters is 1. The number of allylic oxidation sites excluding steroid dienone is 1. The number of fused-ring (bicyclic) bond motifs is 1. The molecule has 0 spiro atoms. The summed E-state index contributed by atoms with van der Waals surface area (Å²) >= 11 is 0. The third-order valence-corrected chi connectivity index (χ3v) is 6.34. The molecular formula is C20H21NO4S. The van der Waals surface area contributed by atoms with Gasteiger partial charge in [0.1, 0.15) is 0 Å². The molecule has 1 unspecified atom stereocenters. The number of ether oxygens (including phenoxy) is 1. The lowest BCUT2D eigenvalue weighted by Crippen LogP contribution is -2.43. The van der Waals surface area contributed by atoms with Gasteiger partial charge in [-0.1, -0.05) is 42.0 Å². The largest absolute Gasteiger partial charge is 0.469 e. The quantitative estimate of drug-likeness (QED) is 0.771. The third kappa shape index (κ3) is 3.24. The number of sulfonamides is 1. The number of methoxy groups -OCH3 is 1. The Balaban J connectivity index is 2.16. The van der Waals surface area contributed by atoms with Crippen LogP contribution < -0.4 is 4.31 Å². The number of nitrogens with zero attached hydrogens (tertiary/aromatic N) is 1. The summed E-state index contributed by atoms with van der Waals surface area (Å²) in [6, 6.07) is 13.4. The van der Waals surface area contributed by atoms with Gasteiger partial charge in [-0.05, 0) is 37.6 Å². The van der Waals surface area contributed by atoms with Gasteiger partial charge in [-0.15, -0.1) is 0 Å². The minimum absolute atomic E-state index is 0.0483. The second-order valence-electron chi connectivity index (χ2n) is 6.33. The Bertz CT molecular complexity index is 962. The molecule has 6 heteroatoms. The lowest BCUT2D eigenvalue weighted by atomic mass is 9.97. The third-order valence-electron chi connectivity index (χ3n) is 4.49. The van der Waals surface area contributed by atoms with Gasteiger partial charge in [0.25, 0.3) is 10.0 Å². The molecule has 0 aliphatic carbocycles. The predicted molar refractivity (Wildman–Crippen MR) is 101 cm³/mol. The second kappa shape index (κ2) is 6.96. The molecular weight excluding hydrogens is 350 g/mol. The Kier molecular flexibility index (Phi) is 4.87. The summed E-state index contributed by atoms with van der Waals surface area (Å²) < 4.78 is 32.9. The summed E-state index contributed by atoms with van der Waals surface area (Å²) in [6.45, 7) is 3.82. The van der Waals surface area contributed by atoms with Crippen molar-refractivity contribution < 1.29 is 17.9 Å². The lowest BCUT2D eigenvalue weighted by molar-refractivity contribution is -0.140. The fraction of sp³-hybridized carbons (Fsp3) is 0.250. The van der Waals surface area contributed by atoms with E-state index in [1.807, 2.05) is 32.1 Å². The molecule has 0 saturated heterocycles. The van der Waals surface area contributed by atoms with Crippen LogP contribution in [0.2, 0.25) is 0 Å². The number of para-hydroxylation sites is 1. The molecule has 0 N–H and O–H groups in total. The van der Waals surface area contributed by atoms with Gasteiger partial charge in [0, 0.05) is 5.56 Å². The van der Waals surface area contributed by atoms with Crippen molar-refractivity contribution in [3.8, 4) is 0 Å². The van der Waals surface area contributed by atoms with Gasteiger partial charge in [0.15, 0.2) is 0 Å². The van der Waals surface area contributed by atoms with Crippen LogP contribution in [0.4, 0.5) is 5.69 Å². The van der Waals surface area contributed by atoms with E-state index in [0.717, 1.165) is 16.7 Å². The molecule has 0 aromatic heterocycles. The Labute approximate surface area is 154 Å². The smallest absolute Gasteiger partial charge is 0.307 e. The average molecular weight is 371 g/mol. The molecule has 26 heavy (non-hydrogen) atoms. The zero-order chi connectivity index (χ0) is 18.9. The number of carbonyl (C=O) groups is 1. The zero-order valence-corrected chi connectivity index (χ0v) is 15.8. The minimum atomic E-state index is -3.84. The summed E-state index contributed by atoms with van der Waals surface area (Å²) in [4.78, 5) is 12.1. The van der Waals surface area contributed by atoms with Crippen molar-refractivity contribution in [2.75, 3.05) is 11.4 Å². The standard InChI is InChI=1S/C20H21NO4S/c1-14-8-10-17(11-9-14)26(23,24)21-16(13-20(22)25-3)12-15(2)18-6-4-5-7-19(18)21/h4-12,16H,13H2,1-3H3. The van der Waals surface area contributed by atoms with Gasteiger partial charge < -0.3 is 4.74 Å². The van der Waals surface area contributed by atoms with Crippen LogP contribution >= 0.6 is 0 Å². The Morgan fingerprint density at radius 2 is 1.73 bits per heavy atom. The maximum Gasteiger partial charge on any atom is 0.307 e. The summed E-state index contributed by atoms with van der Waals surface area (Å²) in [7, 11) is -2.54. The molecule has 1 atom stereocenters. The Morgan fingerprint density at radius 1 is 1.08 bits per heavy atom. The molecule has 1 heterocycles. The van der Waals surface area contributed by atoms with Gasteiger partial charge in [0.05, 0.1) is 30.2 Å². The average Bonchev–Trinajstić information content (AvgIpc) is 2.62. The van der Waals surface area contributed by atoms with Crippen molar-refractivity contribution in [1.82, 2.24) is 0 Å². The van der Waals surface area contributed by atoms with Gasteiger partial charge in [-0.2, -0.15) is 0 Å². The summed E-state index contributed by atoms with van der Waals surface area (Å²) in [6.07, 6.45) is 1.76. The molecule has 2 aromatic carbocycles. The molecule has 136 valence electrons. The van der Waals surface area contributed by atoms with Crippen molar-refractivity contribution in [3.63, 3.8) is 0 Å². The van der Waals surface area contributed by atoms with E-state index in [2.05, 4.69) is 0 Å². The van der Waals surface area contributed by atoms with E-state index < -0.39 is 22.0 Å². The monoisotopic (exact) mass is 371 g/mol. The second-order valence-corrected chi connectivity index (χ2v) is 8.14. The number of hydrogen-bond donors (Lipinski definition) is 0. The highest BCUT2D eigenvalue weighted by Crippen LogP contribution is 2.38. The van der Waals surface area contributed by atoms with Crippen molar-refractivity contribution in [1.29, 1.82) is 0 Å². The topological polar surface area (TPSA) is 63.7 Å². The Morgan fingerprint density at radius 3 is 2.38 bits per heavy atom. The van der Waals surface area contributed by atoms with Gasteiger partial charge in [0.2, 0.25) is 0 Å². The van der Waals surface area contributed by atoms with Gasteiger partial charge in [-0.3, -0.25) is 9.10 Å². The maximum atomic E-state index is 13.4. The van der Waals surface area contributed by atoms with Crippen LogP contribution in [0.1, 0.15) is 24.5 Å². The molecule has 0 fully saturated rings. The van der Waals surface area contributed by atoms with Crippen LogP contribution in [-0.4, -0.2) is 27.5 Å². The first-order valence-corrected chi connectivity index (χ1v) is 9.74. The fourth-order valence-electron chi connectivity index (χ4n) is 3.15. The van der Waals surface area contributed by atoms with Crippen molar-refractivity contribution in [2.24, 2.45) is 0 Å². The highest BCUT2D eigenvalue weighted by Gasteiger charge is 2.36. The van der Waals surface area contributed by atoms with E-state index in [1.54, 1.807) is 36.4 Å². The molecule has 0 amide bonds. The molecule has 5 nitrogen and oxygen atoms in total. The summed E-state index contributed by atoms with van der Waals surface area (Å²) in [5.74, 6) is -0.456. The number of anilines is 1. The van der Waals surface area contributed by atoms with Crippen LogP contribution in [0.25, 0.3) is 5.57 Å². The zero-order valence-electron chi connectivity index (χ0n) is 15.0. The first kappa shape index (κ1) is 18.2. The van der Waals surface area contributed by atoms with Crippen molar-refractivity contribution in [3.05, 3.63) is 65.7 Å². The molecule has 0 bridgehead atoms. The molecule has 1 aliphatic rings. The van der Waals surface area contributed by atoms with E-state index in [1.165, 1.54) is 11.4 Å². The number of benzene rings is 2. The normalized spacial score (nSPS) is 16.7. The molecule has 3 rings (SSSR count). The van der Waals surface area contributed by atoms with Crippen LogP contribution in [0.5, 0.6) is 0 Å². The molecule has 1 aliphatic heterocycles. The van der Waals surface area contributed by atoms with Crippen molar-refractivity contribution in [2.45, 2.75) is 31.2 Å². The SMILES string of the molecule is COC(=O)CC1C=C(C)c2ccccc2N1S(=O)(=O)c1ccc(C)cc1. The Hall–Kier alpha value is -2.60. The first-order valence-electron chi connectivity index (χ1n) is 8.30. The van der Waals surface area contributed by atoms with E-state index in [0.29, 0.717) is 5.69 Å². The number of rotatable bonds is 4. The number of carbonyl (C=O) groups excluding carboxylic acids is 1. The molecule has 0 saturated carbocycles. The van der Waals surface area contributed by atoms with E-state index in [4.69, 9.17) is 4.74 Å². The summed E-state index contributed by atoms with van der Waals surface area (Å²) in [5.41, 5.74) is 3.32. The number of hydrogen-bond acceptors (Lipinski definition) is 4. The van der Waals surface area contributed by atoms with E-state index in [9.17, 15) is 13.2 Å². The molecule has 2 aromatic rings. The lowest BCUT2D eigenvalue weighted by Gasteiger charge is -2.35. The predicted octanol–water partition coefficient (Wildman–Crippen LogP) is 3.54. The minimum Gasteiger partial charge on any atom is -0.469 e. The highest BCUT2D eigenvalue weighted by molar-refractivity contribution is 7.92. The first-order chi connectivity index (χ1) is 12.3. The van der Waals surface area contributed by atoms with E-state index >= 15 is 0 Å². The van der Waals surface area contributed by atoms with Crippen LogP contribution in [0.15, 0.2) is 59.5 Å². The van der Waals surface area contributed by atoms with E-state index in [-0.39, 0.29) is 11.3 Å². The van der Waals surface area contributed by atoms with Crippen LogP contribution in [-0.2, 0) is 19.6 Å². The van der Waals surface area contributed by atoms with Crippen LogP contribution in [0.3, 0.4) is 0 Å². The fourth-order valence-corrected chi connectivity index (χ4v) is 4.77. The highest BCUT2D eigenvalue weighted by atomic mass is 32.2. The van der Waals surface area contributed by atoms with Crippen LogP contribution in [0, 0.1) is 6.92 Å². The maximum absolute atomic E-state index is 13.4. The van der Waals surface area contributed by atoms with Gasteiger partial charge in [-0.25, -0.2) is 8.42 Å². The van der Waals surface area contributed by atoms with Crippen molar-refractivity contribution >= 4 is 27.3 Å². The summed E-state index contributed by atoms with van der Waals surface area (Å²) in [5, 5.41) is 0. The van der Waals surface area contributed by atoms with Gasteiger partial charge >= 0.3 is 5.97 Å². The molecule has 0 radical (unpaired) electrons.